The zero-order chi connectivity index (χ0) is 9.38. The van der Waals surface area contributed by atoms with E-state index in [1.165, 1.54) is 11.3 Å². The van der Waals surface area contributed by atoms with Gasteiger partial charge in [0, 0.05) is 0 Å². The highest BCUT2D eigenvalue weighted by atomic mass is 32.1. The fourth-order valence-corrected chi connectivity index (χ4v) is 2.00. The van der Waals surface area contributed by atoms with Gasteiger partial charge in [-0.25, -0.2) is 9.97 Å². The maximum absolute atomic E-state index is 5.24. The Morgan fingerprint density at radius 2 is 2.36 bits per heavy atom. The highest BCUT2D eigenvalue weighted by Gasteiger charge is 2.08. The Morgan fingerprint density at radius 1 is 1.36 bits per heavy atom. The second-order valence-electron chi connectivity index (χ2n) is 2.79. The molecule has 3 rings (SSSR count). The van der Waals surface area contributed by atoms with Crippen molar-refractivity contribution in [2.45, 2.75) is 0 Å². The number of hydrogen-bond donors (Lipinski definition) is 0. The minimum absolute atomic E-state index is 0.606. The molecule has 0 spiro atoms. The lowest BCUT2D eigenvalue weighted by Crippen LogP contribution is -1.78. The number of rotatable bonds is 1. The Kier molecular flexibility index (Phi) is 1.61. The molecule has 1 aromatic carbocycles. The van der Waals surface area contributed by atoms with Crippen LogP contribution in [0.25, 0.3) is 21.7 Å². The van der Waals surface area contributed by atoms with Crippen LogP contribution < -0.4 is 0 Å². The van der Waals surface area contributed by atoms with Crippen molar-refractivity contribution in [3.8, 4) is 11.5 Å². The average Bonchev–Trinajstić information content (AvgIpc) is 2.88. The third-order valence-electron chi connectivity index (χ3n) is 1.97. The Balaban J connectivity index is 2.36. The van der Waals surface area contributed by atoms with Crippen LogP contribution in [-0.2, 0) is 0 Å². The third-order valence-corrected chi connectivity index (χ3v) is 2.71. The SMILES string of the molecule is [c]1nc2c(-c3ncco3)cccc2s1. The van der Waals surface area contributed by atoms with Gasteiger partial charge < -0.3 is 4.42 Å². The number of hydrogen-bond acceptors (Lipinski definition) is 4. The van der Waals surface area contributed by atoms with Crippen molar-refractivity contribution in [2.75, 3.05) is 0 Å². The van der Waals surface area contributed by atoms with Crippen LogP contribution in [0, 0.1) is 5.51 Å². The molecule has 0 unspecified atom stereocenters. The van der Waals surface area contributed by atoms with Crippen molar-refractivity contribution >= 4 is 21.6 Å². The van der Waals surface area contributed by atoms with Gasteiger partial charge in [-0.05, 0) is 12.1 Å². The molecule has 14 heavy (non-hydrogen) atoms. The molecule has 2 aromatic heterocycles. The summed E-state index contributed by atoms with van der Waals surface area (Å²) in [5.74, 6) is 0.606. The van der Waals surface area contributed by atoms with Gasteiger partial charge in [0.05, 0.1) is 22.0 Å². The van der Waals surface area contributed by atoms with Crippen LogP contribution in [-0.4, -0.2) is 9.97 Å². The molecule has 0 atom stereocenters. The number of thiazole rings is 1. The lowest BCUT2D eigenvalue weighted by atomic mass is 10.2. The Bertz CT molecular complexity index is 556. The van der Waals surface area contributed by atoms with Gasteiger partial charge in [-0.3, -0.25) is 0 Å². The topological polar surface area (TPSA) is 38.9 Å². The van der Waals surface area contributed by atoms with Gasteiger partial charge >= 0.3 is 0 Å². The lowest BCUT2D eigenvalue weighted by molar-refractivity contribution is 0.575. The summed E-state index contributed by atoms with van der Waals surface area (Å²) in [6.45, 7) is 0. The van der Waals surface area contributed by atoms with Gasteiger partial charge in [0.15, 0.2) is 5.51 Å². The van der Waals surface area contributed by atoms with Gasteiger partial charge in [-0.2, -0.15) is 0 Å². The molecule has 0 bridgehead atoms. The van der Waals surface area contributed by atoms with Crippen molar-refractivity contribution in [1.29, 1.82) is 0 Å². The van der Waals surface area contributed by atoms with E-state index < -0.39 is 0 Å². The molecule has 0 aliphatic heterocycles. The Hall–Kier alpha value is -1.68. The number of para-hydroxylation sites is 1. The summed E-state index contributed by atoms with van der Waals surface area (Å²) < 4.78 is 6.33. The standard InChI is InChI=1S/C10H5N2OS/c1-2-7(10-11-4-5-13-10)9-8(3-1)14-6-12-9/h1-5H. The minimum Gasteiger partial charge on any atom is -0.444 e. The first-order chi connectivity index (χ1) is 6.95. The van der Waals surface area contributed by atoms with E-state index in [4.69, 9.17) is 4.42 Å². The van der Waals surface area contributed by atoms with E-state index in [1.54, 1.807) is 12.5 Å². The quantitative estimate of drug-likeness (QED) is 0.607. The molecule has 4 heteroatoms. The van der Waals surface area contributed by atoms with Crippen molar-refractivity contribution in [3.63, 3.8) is 0 Å². The maximum atomic E-state index is 5.24. The molecule has 0 amide bonds. The second-order valence-corrected chi connectivity index (χ2v) is 3.62. The van der Waals surface area contributed by atoms with Gasteiger partial charge in [0.1, 0.15) is 6.26 Å². The molecule has 0 saturated heterocycles. The average molecular weight is 201 g/mol. The second kappa shape index (κ2) is 2.92. The fraction of sp³-hybridized carbons (Fsp3) is 0. The predicted octanol–water partition coefficient (Wildman–Crippen LogP) is 2.75. The van der Waals surface area contributed by atoms with Crippen molar-refractivity contribution in [3.05, 3.63) is 36.2 Å². The van der Waals surface area contributed by atoms with E-state index in [0.29, 0.717) is 5.89 Å². The molecule has 3 aromatic rings. The monoisotopic (exact) mass is 201 g/mol. The van der Waals surface area contributed by atoms with Crippen LogP contribution in [0.2, 0.25) is 0 Å². The molecule has 3 nitrogen and oxygen atoms in total. The van der Waals surface area contributed by atoms with Crippen LogP contribution in [0.1, 0.15) is 0 Å². The number of aromatic nitrogens is 2. The van der Waals surface area contributed by atoms with Crippen molar-refractivity contribution in [1.82, 2.24) is 9.97 Å². The predicted molar refractivity (Wildman–Crippen MR) is 54.0 cm³/mol. The van der Waals surface area contributed by atoms with Gasteiger partial charge in [0.2, 0.25) is 5.89 Å². The Morgan fingerprint density at radius 3 is 3.21 bits per heavy atom. The normalized spacial score (nSPS) is 10.9. The third kappa shape index (κ3) is 1.04. The van der Waals surface area contributed by atoms with Crippen molar-refractivity contribution in [2.24, 2.45) is 0 Å². The number of fused-ring (bicyclic) bond motifs is 1. The molecule has 0 aliphatic carbocycles. The van der Waals surface area contributed by atoms with Gasteiger partial charge in [0.25, 0.3) is 0 Å². The fourth-order valence-electron chi connectivity index (χ4n) is 1.37. The highest BCUT2D eigenvalue weighted by Crippen LogP contribution is 2.27. The highest BCUT2D eigenvalue weighted by molar-refractivity contribution is 7.16. The summed E-state index contributed by atoms with van der Waals surface area (Å²) in [6, 6.07) is 5.92. The molecule has 0 fully saturated rings. The van der Waals surface area contributed by atoms with E-state index >= 15 is 0 Å². The first-order valence-electron chi connectivity index (χ1n) is 4.10. The Labute approximate surface area is 84.0 Å². The van der Waals surface area contributed by atoms with E-state index in [1.807, 2.05) is 18.2 Å². The molecule has 1 radical (unpaired) electrons. The molecule has 2 heterocycles. The smallest absolute Gasteiger partial charge is 0.228 e. The van der Waals surface area contributed by atoms with E-state index in [2.05, 4.69) is 15.5 Å². The molecule has 0 aliphatic rings. The van der Waals surface area contributed by atoms with E-state index in [0.717, 1.165) is 15.8 Å². The molecule has 0 saturated carbocycles. The zero-order valence-corrected chi connectivity index (χ0v) is 7.91. The minimum atomic E-state index is 0.606. The first-order valence-corrected chi connectivity index (χ1v) is 4.92. The maximum Gasteiger partial charge on any atom is 0.228 e. The van der Waals surface area contributed by atoms with Gasteiger partial charge in [-0.15, -0.1) is 11.3 Å². The summed E-state index contributed by atoms with van der Waals surface area (Å²) in [7, 11) is 0. The summed E-state index contributed by atoms with van der Waals surface area (Å²) in [4.78, 5) is 8.27. The summed E-state index contributed by atoms with van der Waals surface area (Å²) in [5.41, 5.74) is 4.69. The molecular formula is C10H5N2OS. The molecule has 67 valence electrons. The number of benzene rings is 1. The zero-order valence-electron chi connectivity index (χ0n) is 7.10. The summed E-state index contributed by atoms with van der Waals surface area (Å²) >= 11 is 1.49. The summed E-state index contributed by atoms with van der Waals surface area (Å²) in [5, 5.41) is 0. The number of oxazole rings is 1. The summed E-state index contributed by atoms with van der Waals surface area (Å²) in [6.07, 6.45) is 3.19. The van der Waals surface area contributed by atoms with Crippen LogP contribution in [0.3, 0.4) is 0 Å². The largest absolute Gasteiger partial charge is 0.444 e. The van der Waals surface area contributed by atoms with Crippen LogP contribution in [0.4, 0.5) is 0 Å². The first kappa shape index (κ1) is 7.70. The van der Waals surface area contributed by atoms with Crippen LogP contribution in [0.15, 0.2) is 35.1 Å². The van der Waals surface area contributed by atoms with Crippen molar-refractivity contribution < 1.29 is 4.42 Å². The van der Waals surface area contributed by atoms with E-state index in [-0.39, 0.29) is 0 Å². The molecular weight excluding hydrogens is 196 g/mol. The lowest BCUT2D eigenvalue weighted by Gasteiger charge is -1.95. The number of nitrogens with zero attached hydrogens (tertiary/aromatic N) is 2. The van der Waals surface area contributed by atoms with E-state index in [9.17, 15) is 0 Å². The van der Waals surface area contributed by atoms with Crippen LogP contribution >= 0.6 is 11.3 Å². The van der Waals surface area contributed by atoms with Crippen LogP contribution in [0.5, 0.6) is 0 Å². The molecule has 0 N–H and O–H groups in total. The van der Waals surface area contributed by atoms with Gasteiger partial charge in [-0.1, -0.05) is 6.07 Å².